The van der Waals surface area contributed by atoms with E-state index in [2.05, 4.69) is 21.8 Å². The van der Waals surface area contributed by atoms with Gasteiger partial charge in [0.25, 0.3) is 5.91 Å². The van der Waals surface area contributed by atoms with Gasteiger partial charge in [0, 0.05) is 5.56 Å². The number of anilines is 1. The molecule has 154 valence electrons. The van der Waals surface area contributed by atoms with Crippen LogP contribution < -0.4 is 11.5 Å². The zero-order valence-corrected chi connectivity index (χ0v) is 16.5. The number of primary amides is 1. The Labute approximate surface area is 172 Å². The second-order valence-corrected chi connectivity index (χ2v) is 7.24. The molecule has 3 aromatic rings. The van der Waals surface area contributed by atoms with Crippen molar-refractivity contribution in [3.8, 4) is 23.3 Å². The summed E-state index contributed by atoms with van der Waals surface area (Å²) in [5.41, 5.74) is 14.8. The number of amides is 1. The summed E-state index contributed by atoms with van der Waals surface area (Å²) in [5.74, 6) is 4.97. The average Bonchev–Trinajstić information content (AvgIpc) is 3.24. The Balaban J connectivity index is 1.96. The van der Waals surface area contributed by atoms with Gasteiger partial charge in [-0.3, -0.25) is 9.36 Å². The molecule has 0 unspecified atom stereocenters. The van der Waals surface area contributed by atoms with Crippen LogP contribution >= 0.6 is 0 Å². The number of hydrogen-bond acceptors (Lipinski definition) is 7. The summed E-state index contributed by atoms with van der Waals surface area (Å²) < 4.78 is 6.76. The first kappa shape index (κ1) is 19.7. The second-order valence-electron chi connectivity index (χ2n) is 7.24. The number of aliphatic hydroxyl groups is 1. The highest BCUT2D eigenvalue weighted by atomic mass is 16.5. The third kappa shape index (κ3) is 3.12. The second kappa shape index (κ2) is 7.33. The van der Waals surface area contributed by atoms with E-state index in [1.54, 1.807) is 23.6 Å². The number of carbonyl (C=O) groups excluding carboxylic acids is 1. The number of hydrogen-bond donors (Lipinski definition) is 4. The summed E-state index contributed by atoms with van der Waals surface area (Å²) in [6.07, 6.45) is 0.781. The van der Waals surface area contributed by atoms with Crippen LogP contribution in [0.3, 0.4) is 0 Å². The number of fused-ring (bicyclic) bond motifs is 1. The fourth-order valence-corrected chi connectivity index (χ4v) is 3.60. The summed E-state index contributed by atoms with van der Waals surface area (Å²) in [5, 5.41) is 20.1. The zero-order chi connectivity index (χ0) is 21.6. The summed E-state index contributed by atoms with van der Waals surface area (Å²) >= 11 is 0. The first-order chi connectivity index (χ1) is 14.3. The number of phenols is 1. The number of aromatic nitrogens is 3. The minimum Gasteiger partial charge on any atom is -0.508 e. The van der Waals surface area contributed by atoms with E-state index in [1.165, 1.54) is 6.20 Å². The van der Waals surface area contributed by atoms with Crippen molar-refractivity contribution in [2.75, 3.05) is 18.9 Å². The Morgan fingerprint density at radius 3 is 2.77 bits per heavy atom. The van der Waals surface area contributed by atoms with Crippen LogP contribution in [-0.4, -0.2) is 50.0 Å². The Morgan fingerprint density at radius 1 is 1.33 bits per heavy atom. The summed E-state index contributed by atoms with van der Waals surface area (Å²) in [4.78, 5) is 21.0. The lowest BCUT2D eigenvalue weighted by Crippen LogP contribution is -2.15. The topological polar surface area (TPSA) is 150 Å². The summed E-state index contributed by atoms with van der Waals surface area (Å²) in [6, 6.07) is 3.33. The molecule has 0 radical (unpaired) electrons. The standard InChI is InChI=1S/C21H21N5O4/c1-10-3-6-14(27)11(2)18(10)26-19(22)16(20(23)29)17-21(26)25-13(7-24-17)5-4-12-8-30-9-15(12)28/h3,6-7,12,15,27-28H,8-9,22H2,1-2H3,(H2,23,29)/t12-,15-/m1/s1. The Kier molecular flexibility index (Phi) is 4.81. The molecule has 4 rings (SSSR count). The number of aromatic hydroxyl groups is 1. The lowest BCUT2D eigenvalue weighted by Gasteiger charge is -2.15. The third-order valence-electron chi connectivity index (χ3n) is 5.21. The van der Waals surface area contributed by atoms with E-state index in [1.807, 2.05) is 6.92 Å². The molecule has 0 saturated carbocycles. The lowest BCUT2D eigenvalue weighted by molar-refractivity contribution is 0.100. The largest absolute Gasteiger partial charge is 0.508 e. The predicted octanol–water partition coefficient (Wildman–Crippen LogP) is 0.783. The number of nitrogens with zero attached hydrogens (tertiary/aromatic N) is 3. The summed E-state index contributed by atoms with van der Waals surface area (Å²) in [6.45, 7) is 4.20. The molecule has 1 amide bonds. The van der Waals surface area contributed by atoms with Gasteiger partial charge in [0.2, 0.25) is 0 Å². The van der Waals surface area contributed by atoms with E-state index in [4.69, 9.17) is 16.2 Å². The van der Waals surface area contributed by atoms with E-state index in [9.17, 15) is 15.0 Å². The number of carbonyl (C=O) groups is 1. The van der Waals surface area contributed by atoms with Crippen molar-refractivity contribution in [1.82, 2.24) is 14.5 Å². The Bertz CT molecular complexity index is 1240. The molecule has 3 heterocycles. The lowest BCUT2D eigenvalue weighted by atomic mass is 10.1. The maximum atomic E-state index is 12.1. The van der Waals surface area contributed by atoms with Gasteiger partial charge in [-0.2, -0.15) is 0 Å². The van der Waals surface area contributed by atoms with Crippen LogP contribution in [0.2, 0.25) is 0 Å². The smallest absolute Gasteiger partial charge is 0.254 e. The first-order valence-corrected chi connectivity index (χ1v) is 9.33. The van der Waals surface area contributed by atoms with Crippen molar-refractivity contribution in [3.63, 3.8) is 0 Å². The van der Waals surface area contributed by atoms with Crippen LogP contribution in [0, 0.1) is 31.6 Å². The van der Waals surface area contributed by atoms with E-state index in [0.29, 0.717) is 29.2 Å². The van der Waals surface area contributed by atoms with Crippen molar-refractivity contribution in [3.05, 3.63) is 40.7 Å². The molecular formula is C21H21N5O4. The van der Waals surface area contributed by atoms with Crippen molar-refractivity contribution >= 4 is 22.9 Å². The van der Waals surface area contributed by atoms with E-state index >= 15 is 0 Å². The van der Waals surface area contributed by atoms with Crippen LogP contribution in [0.15, 0.2) is 18.3 Å². The van der Waals surface area contributed by atoms with Gasteiger partial charge < -0.3 is 26.4 Å². The molecule has 1 aromatic carbocycles. The zero-order valence-electron chi connectivity index (χ0n) is 16.5. The fourth-order valence-electron chi connectivity index (χ4n) is 3.60. The maximum Gasteiger partial charge on any atom is 0.254 e. The highest BCUT2D eigenvalue weighted by Crippen LogP contribution is 2.34. The number of nitrogens with two attached hydrogens (primary N) is 2. The van der Waals surface area contributed by atoms with Crippen LogP contribution in [-0.2, 0) is 4.74 Å². The van der Waals surface area contributed by atoms with Gasteiger partial charge in [-0.15, -0.1) is 0 Å². The van der Waals surface area contributed by atoms with Gasteiger partial charge in [-0.1, -0.05) is 12.0 Å². The molecule has 1 aliphatic rings. The molecule has 2 atom stereocenters. The molecule has 9 heteroatoms. The number of nitrogen functional groups attached to an aromatic ring is 1. The Morgan fingerprint density at radius 2 is 2.10 bits per heavy atom. The number of phenolic OH excluding ortho intramolecular Hbond substituents is 1. The van der Waals surface area contributed by atoms with Crippen molar-refractivity contribution < 1.29 is 19.7 Å². The number of rotatable bonds is 2. The third-order valence-corrected chi connectivity index (χ3v) is 5.21. The molecule has 2 aromatic heterocycles. The van der Waals surface area contributed by atoms with Crippen LogP contribution in [0.5, 0.6) is 5.75 Å². The molecule has 0 bridgehead atoms. The number of aryl methyl sites for hydroxylation is 1. The average molecular weight is 407 g/mol. The molecule has 9 nitrogen and oxygen atoms in total. The van der Waals surface area contributed by atoms with E-state index in [-0.39, 0.29) is 35.2 Å². The van der Waals surface area contributed by atoms with Crippen molar-refractivity contribution in [1.29, 1.82) is 0 Å². The van der Waals surface area contributed by atoms with Gasteiger partial charge in [0.1, 0.15) is 28.3 Å². The van der Waals surface area contributed by atoms with Crippen molar-refractivity contribution in [2.24, 2.45) is 11.7 Å². The van der Waals surface area contributed by atoms with Gasteiger partial charge in [0.05, 0.1) is 37.1 Å². The van der Waals surface area contributed by atoms with E-state index in [0.717, 1.165) is 5.56 Å². The van der Waals surface area contributed by atoms with Crippen LogP contribution in [0.25, 0.3) is 16.9 Å². The highest BCUT2D eigenvalue weighted by Gasteiger charge is 2.26. The van der Waals surface area contributed by atoms with Gasteiger partial charge in [-0.05, 0) is 31.4 Å². The minimum absolute atomic E-state index is 0.0544. The van der Waals surface area contributed by atoms with Gasteiger partial charge in [-0.25, -0.2) is 9.97 Å². The molecule has 6 N–H and O–H groups in total. The van der Waals surface area contributed by atoms with Crippen molar-refractivity contribution in [2.45, 2.75) is 20.0 Å². The minimum atomic E-state index is -0.730. The molecule has 0 spiro atoms. The monoisotopic (exact) mass is 407 g/mol. The number of benzene rings is 1. The van der Waals surface area contributed by atoms with Crippen LogP contribution in [0.1, 0.15) is 27.2 Å². The Hall–Kier alpha value is -3.61. The van der Waals surface area contributed by atoms with Gasteiger partial charge in [0.15, 0.2) is 5.65 Å². The quantitative estimate of drug-likeness (QED) is 0.459. The SMILES string of the molecule is Cc1ccc(O)c(C)c1-n1c(N)c(C(N)=O)c2ncc(C#C[C@@H]3COC[C@H]3O)nc21. The molecule has 0 aliphatic carbocycles. The highest BCUT2D eigenvalue weighted by molar-refractivity contribution is 6.09. The van der Waals surface area contributed by atoms with Gasteiger partial charge >= 0.3 is 0 Å². The van der Waals surface area contributed by atoms with E-state index < -0.39 is 12.0 Å². The molecule has 1 fully saturated rings. The maximum absolute atomic E-state index is 12.1. The normalized spacial score (nSPS) is 18.4. The molecule has 30 heavy (non-hydrogen) atoms. The summed E-state index contributed by atoms with van der Waals surface area (Å²) in [7, 11) is 0. The number of ether oxygens (including phenoxy) is 1. The first-order valence-electron chi connectivity index (χ1n) is 9.33. The molecule has 1 saturated heterocycles. The molecule has 1 aliphatic heterocycles. The predicted molar refractivity (Wildman–Crippen MR) is 110 cm³/mol. The molecular weight excluding hydrogens is 386 g/mol. The number of aliphatic hydroxyl groups excluding tert-OH is 1. The van der Waals surface area contributed by atoms with Crippen LogP contribution in [0.4, 0.5) is 5.82 Å². The fraction of sp³-hybridized carbons (Fsp3) is 0.286.